The minimum Gasteiger partial charge on any atom is -0.388 e. The lowest BCUT2D eigenvalue weighted by atomic mass is 10.2. The monoisotopic (exact) mass is 278 g/mol. The van der Waals surface area contributed by atoms with Crippen molar-refractivity contribution in [3.05, 3.63) is 23.9 Å². The number of pyridine rings is 1. The molecule has 1 aliphatic heterocycles. The standard InChI is InChI=1S/C13H18N4OS/c1-9(13(18)17-7-2-3-8-17)15-11-6-4-5-10(16-11)12(14)19/h4-6,9H,2-3,7-8H2,1H3,(H2,14,19)(H,15,16). The lowest BCUT2D eigenvalue weighted by Crippen LogP contribution is -2.39. The van der Waals surface area contributed by atoms with Gasteiger partial charge in [-0.05, 0) is 31.9 Å². The van der Waals surface area contributed by atoms with Crippen LogP contribution in [-0.2, 0) is 4.79 Å². The molecule has 1 unspecified atom stereocenters. The highest BCUT2D eigenvalue weighted by Gasteiger charge is 2.23. The second kappa shape index (κ2) is 5.97. The molecule has 0 bridgehead atoms. The van der Waals surface area contributed by atoms with Crippen molar-refractivity contribution in [2.45, 2.75) is 25.8 Å². The van der Waals surface area contributed by atoms with Gasteiger partial charge in [0, 0.05) is 13.1 Å². The molecular formula is C13H18N4OS. The molecule has 6 heteroatoms. The van der Waals surface area contributed by atoms with Crippen molar-refractivity contribution in [2.75, 3.05) is 18.4 Å². The highest BCUT2D eigenvalue weighted by Crippen LogP contribution is 2.12. The summed E-state index contributed by atoms with van der Waals surface area (Å²) in [6.45, 7) is 3.55. The largest absolute Gasteiger partial charge is 0.388 e. The second-order valence-corrected chi connectivity index (χ2v) is 5.11. The van der Waals surface area contributed by atoms with E-state index in [1.165, 1.54) is 0 Å². The van der Waals surface area contributed by atoms with Gasteiger partial charge in [0.25, 0.3) is 0 Å². The van der Waals surface area contributed by atoms with E-state index in [9.17, 15) is 4.79 Å². The number of hydrogen-bond donors (Lipinski definition) is 2. The minimum atomic E-state index is -0.299. The van der Waals surface area contributed by atoms with E-state index in [1.807, 2.05) is 17.9 Å². The average Bonchev–Trinajstić information content (AvgIpc) is 2.92. The Morgan fingerprint density at radius 2 is 2.16 bits per heavy atom. The third-order valence-corrected chi connectivity index (χ3v) is 3.36. The molecule has 0 saturated carbocycles. The number of aromatic nitrogens is 1. The van der Waals surface area contributed by atoms with Crippen molar-refractivity contribution in [1.29, 1.82) is 0 Å². The smallest absolute Gasteiger partial charge is 0.244 e. The number of thiocarbonyl (C=S) groups is 1. The lowest BCUT2D eigenvalue weighted by Gasteiger charge is -2.21. The van der Waals surface area contributed by atoms with E-state index in [2.05, 4.69) is 10.3 Å². The molecule has 2 rings (SSSR count). The molecule has 19 heavy (non-hydrogen) atoms. The first-order valence-electron chi connectivity index (χ1n) is 6.40. The first kappa shape index (κ1) is 13.7. The topological polar surface area (TPSA) is 71.2 Å². The Bertz CT molecular complexity index is 485. The fourth-order valence-corrected chi connectivity index (χ4v) is 2.26. The van der Waals surface area contributed by atoms with Gasteiger partial charge in [-0.1, -0.05) is 18.3 Å². The molecule has 5 nitrogen and oxygen atoms in total. The zero-order valence-electron chi connectivity index (χ0n) is 10.9. The van der Waals surface area contributed by atoms with Crippen LogP contribution < -0.4 is 11.1 Å². The summed E-state index contributed by atoms with van der Waals surface area (Å²) in [6.07, 6.45) is 2.18. The van der Waals surface area contributed by atoms with Crippen LogP contribution in [0.15, 0.2) is 18.2 Å². The minimum absolute atomic E-state index is 0.111. The number of anilines is 1. The predicted octanol–water partition coefficient (Wildman–Crippen LogP) is 1.14. The van der Waals surface area contributed by atoms with E-state index in [4.69, 9.17) is 18.0 Å². The van der Waals surface area contributed by atoms with E-state index in [0.717, 1.165) is 25.9 Å². The van der Waals surface area contributed by atoms with Gasteiger partial charge in [-0.15, -0.1) is 0 Å². The van der Waals surface area contributed by atoms with E-state index in [1.54, 1.807) is 12.1 Å². The number of likely N-dealkylation sites (tertiary alicyclic amines) is 1. The number of carbonyl (C=O) groups excluding carboxylic acids is 1. The number of nitrogens with two attached hydrogens (primary N) is 1. The molecule has 1 aromatic heterocycles. The predicted molar refractivity (Wildman–Crippen MR) is 79.0 cm³/mol. The summed E-state index contributed by atoms with van der Waals surface area (Å²) in [5.41, 5.74) is 6.10. The summed E-state index contributed by atoms with van der Waals surface area (Å²) in [6, 6.07) is 5.07. The van der Waals surface area contributed by atoms with Gasteiger partial charge in [0.1, 0.15) is 16.8 Å². The Hall–Kier alpha value is -1.69. The van der Waals surface area contributed by atoms with Crippen LogP contribution in [0.4, 0.5) is 5.82 Å². The lowest BCUT2D eigenvalue weighted by molar-refractivity contribution is -0.130. The maximum absolute atomic E-state index is 12.2. The fraction of sp³-hybridized carbons (Fsp3) is 0.462. The van der Waals surface area contributed by atoms with Crippen LogP contribution >= 0.6 is 12.2 Å². The number of nitrogens with one attached hydrogen (secondary N) is 1. The summed E-state index contributed by atoms with van der Waals surface area (Å²) in [5, 5.41) is 3.10. The van der Waals surface area contributed by atoms with Crippen LogP contribution in [0.3, 0.4) is 0 Å². The fourth-order valence-electron chi connectivity index (χ4n) is 2.15. The zero-order valence-corrected chi connectivity index (χ0v) is 11.7. The molecule has 1 amide bonds. The van der Waals surface area contributed by atoms with Crippen LogP contribution in [0.25, 0.3) is 0 Å². The van der Waals surface area contributed by atoms with Crippen molar-refractivity contribution >= 4 is 28.9 Å². The Labute approximate surface area is 118 Å². The van der Waals surface area contributed by atoms with Gasteiger partial charge in [-0.25, -0.2) is 4.98 Å². The Morgan fingerprint density at radius 1 is 1.47 bits per heavy atom. The van der Waals surface area contributed by atoms with Gasteiger partial charge < -0.3 is 16.0 Å². The van der Waals surface area contributed by atoms with Crippen LogP contribution in [0, 0.1) is 0 Å². The van der Waals surface area contributed by atoms with E-state index in [-0.39, 0.29) is 16.9 Å². The first-order valence-corrected chi connectivity index (χ1v) is 6.81. The highest BCUT2D eigenvalue weighted by atomic mass is 32.1. The summed E-state index contributed by atoms with van der Waals surface area (Å²) < 4.78 is 0. The molecule has 1 saturated heterocycles. The van der Waals surface area contributed by atoms with Crippen LogP contribution in [0.2, 0.25) is 0 Å². The van der Waals surface area contributed by atoms with Crippen molar-refractivity contribution in [3.8, 4) is 0 Å². The van der Waals surface area contributed by atoms with E-state index < -0.39 is 0 Å². The first-order chi connectivity index (χ1) is 9.08. The van der Waals surface area contributed by atoms with Gasteiger partial charge in [-0.3, -0.25) is 4.79 Å². The van der Waals surface area contributed by atoms with Gasteiger partial charge in [-0.2, -0.15) is 0 Å². The molecule has 1 aliphatic rings. The summed E-state index contributed by atoms with van der Waals surface area (Å²) in [4.78, 5) is 18.6. The van der Waals surface area contributed by atoms with Crippen molar-refractivity contribution in [2.24, 2.45) is 5.73 Å². The van der Waals surface area contributed by atoms with Gasteiger partial charge >= 0.3 is 0 Å². The maximum atomic E-state index is 12.2. The molecule has 0 aromatic carbocycles. The van der Waals surface area contributed by atoms with E-state index >= 15 is 0 Å². The highest BCUT2D eigenvalue weighted by molar-refractivity contribution is 7.80. The number of carbonyl (C=O) groups is 1. The average molecular weight is 278 g/mol. The van der Waals surface area contributed by atoms with Gasteiger partial charge in [0.2, 0.25) is 5.91 Å². The van der Waals surface area contributed by atoms with Crippen molar-refractivity contribution in [3.63, 3.8) is 0 Å². The number of amides is 1. The number of nitrogens with zero attached hydrogens (tertiary/aromatic N) is 2. The second-order valence-electron chi connectivity index (χ2n) is 4.67. The maximum Gasteiger partial charge on any atom is 0.244 e. The van der Waals surface area contributed by atoms with Crippen molar-refractivity contribution in [1.82, 2.24) is 9.88 Å². The molecule has 102 valence electrons. The molecule has 0 radical (unpaired) electrons. The third-order valence-electron chi connectivity index (χ3n) is 3.15. The zero-order chi connectivity index (χ0) is 13.8. The van der Waals surface area contributed by atoms with Crippen LogP contribution in [0.5, 0.6) is 0 Å². The molecule has 1 aromatic rings. The molecular weight excluding hydrogens is 260 g/mol. The quantitative estimate of drug-likeness (QED) is 0.808. The van der Waals surface area contributed by atoms with Crippen LogP contribution in [-0.4, -0.2) is 39.9 Å². The summed E-state index contributed by atoms with van der Waals surface area (Å²) >= 11 is 4.89. The number of hydrogen-bond acceptors (Lipinski definition) is 4. The van der Waals surface area contributed by atoms with E-state index in [0.29, 0.717) is 11.5 Å². The van der Waals surface area contributed by atoms with Gasteiger partial charge in [0.05, 0.1) is 5.69 Å². The Morgan fingerprint density at radius 3 is 2.79 bits per heavy atom. The molecule has 2 heterocycles. The van der Waals surface area contributed by atoms with Crippen LogP contribution in [0.1, 0.15) is 25.5 Å². The van der Waals surface area contributed by atoms with Crippen molar-refractivity contribution < 1.29 is 4.79 Å². The van der Waals surface area contributed by atoms with Gasteiger partial charge in [0.15, 0.2) is 0 Å². The number of rotatable bonds is 4. The molecule has 3 N–H and O–H groups in total. The summed E-state index contributed by atoms with van der Waals surface area (Å²) in [5.74, 6) is 0.727. The molecule has 0 spiro atoms. The normalized spacial score (nSPS) is 16.2. The Kier molecular flexibility index (Phi) is 4.31. The SMILES string of the molecule is CC(Nc1cccc(C(N)=S)n1)C(=O)N1CCCC1. The Balaban J connectivity index is 2.01. The third kappa shape index (κ3) is 3.41. The molecule has 1 fully saturated rings. The molecule has 1 atom stereocenters. The summed E-state index contributed by atoms with van der Waals surface area (Å²) in [7, 11) is 0. The molecule has 0 aliphatic carbocycles.